The molecular formula is C23H22F2N2O7. The number of urea groups is 1. The maximum atomic E-state index is 15.5. The van der Waals surface area contributed by atoms with Gasteiger partial charge in [0.1, 0.15) is 18.9 Å². The lowest BCUT2D eigenvalue weighted by atomic mass is 10.1. The number of hydrogen-bond donors (Lipinski definition) is 2. The molecule has 2 aliphatic heterocycles. The summed E-state index contributed by atoms with van der Waals surface area (Å²) in [5, 5.41) is 11.7. The Balaban J connectivity index is 1.55. The average molecular weight is 476 g/mol. The number of alkyl halides is 2. The molecule has 0 aromatic heterocycles. The fourth-order valence-corrected chi connectivity index (χ4v) is 3.74. The second kappa shape index (κ2) is 9.74. The van der Waals surface area contributed by atoms with Gasteiger partial charge < -0.3 is 24.6 Å². The maximum absolute atomic E-state index is 15.5. The van der Waals surface area contributed by atoms with Crippen LogP contribution in [0.5, 0.6) is 0 Å². The van der Waals surface area contributed by atoms with Gasteiger partial charge in [0, 0.05) is 13.0 Å². The first-order valence-electron chi connectivity index (χ1n) is 10.5. The standard InChI is InChI=1S/C23H22F2N2O7/c24-23(25)18(34-20(30)15-9-5-2-6-10-15)16(13-32-19(29)14-7-3-1-4-8-14)33-21(23)27-12-11-17(28)26-22(27)31/h1-10,16-18,21,28H,11-13H2,(H,26,31)/t16?,17?,18-,21-/m1/s1. The maximum Gasteiger partial charge on any atom is 0.338 e. The lowest BCUT2D eigenvalue weighted by molar-refractivity contribution is -0.160. The number of benzene rings is 2. The van der Waals surface area contributed by atoms with E-state index in [-0.39, 0.29) is 24.1 Å². The topological polar surface area (TPSA) is 114 Å². The highest BCUT2D eigenvalue weighted by molar-refractivity contribution is 5.90. The number of hydrogen-bond acceptors (Lipinski definition) is 7. The number of carbonyl (C=O) groups is 3. The molecule has 0 aliphatic carbocycles. The first-order valence-corrected chi connectivity index (χ1v) is 10.5. The molecule has 2 aliphatic rings. The lowest BCUT2D eigenvalue weighted by Crippen LogP contribution is -2.60. The van der Waals surface area contributed by atoms with E-state index in [4.69, 9.17) is 14.2 Å². The van der Waals surface area contributed by atoms with Crippen molar-refractivity contribution in [2.75, 3.05) is 13.2 Å². The number of aliphatic hydroxyl groups excluding tert-OH is 1. The molecule has 180 valence electrons. The van der Waals surface area contributed by atoms with Crippen molar-refractivity contribution in [1.82, 2.24) is 10.2 Å². The van der Waals surface area contributed by atoms with E-state index in [0.717, 1.165) is 4.90 Å². The van der Waals surface area contributed by atoms with E-state index in [0.29, 0.717) is 0 Å². The third kappa shape index (κ3) is 4.85. The Morgan fingerprint density at radius 2 is 1.65 bits per heavy atom. The molecule has 4 atom stereocenters. The van der Waals surface area contributed by atoms with Crippen molar-refractivity contribution in [3.8, 4) is 0 Å². The zero-order valence-corrected chi connectivity index (χ0v) is 17.8. The quantitative estimate of drug-likeness (QED) is 0.614. The van der Waals surface area contributed by atoms with Crippen molar-refractivity contribution in [1.29, 1.82) is 0 Å². The molecule has 2 aromatic rings. The van der Waals surface area contributed by atoms with Crippen LogP contribution in [0.4, 0.5) is 13.6 Å². The van der Waals surface area contributed by atoms with E-state index >= 15 is 8.78 Å². The molecule has 34 heavy (non-hydrogen) atoms. The number of ether oxygens (including phenoxy) is 3. The summed E-state index contributed by atoms with van der Waals surface area (Å²) in [6.07, 6.45) is -6.99. The van der Waals surface area contributed by atoms with Gasteiger partial charge in [-0.3, -0.25) is 4.90 Å². The highest BCUT2D eigenvalue weighted by Gasteiger charge is 2.64. The summed E-state index contributed by atoms with van der Waals surface area (Å²) in [5.74, 6) is -5.64. The number of amides is 2. The number of carbonyl (C=O) groups excluding carboxylic acids is 3. The van der Waals surface area contributed by atoms with Crippen molar-refractivity contribution < 1.29 is 42.5 Å². The molecule has 0 saturated carbocycles. The Hall–Kier alpha value is -3.57. The van der Waals surface area contributed by atoms with Crippen LogP contribution in [0, 0.1) is 0 Å². The number of esters is 2. The van der Waals surface area contributed by atoms with Gasteiger partial charge in [-0.25, -0.2) is 14.4 Å². The van der Waals surface area contributed by atoms with Gasteiger partial charge in [0.2, 0.25) is 6.23 Å². The van der Waals surface area contributed by atoms with Gasteiger partial charge in [0.05, 0.1) is 11.1 Å². The van der Waals surface area contributed by atoms with Gasteiger partial charge in [-0.1, -0.05) is 36.4 Å². The van der Waals surface area contributed by atoms with Crippen LogP contribution >= 0.6 is 0 Å². The smallest absolute Gasteiger partial charge is 0.338 e. The fourth-order valence-electron chi connectivity index (χ4n) is 3.74. The molecule has 4 rings (SSSR count). The van der Waals surface area contributed by atoms with E-state index in [9.17, 15) is 19.5 Å². The highest BCUT2D eigenvalue weighted by atomic mass is 19.3. The van der Waals surface area contributed by atoms with Crippen LogP contribution < -0.4 is 5.32 Å². The van der Waals surface area contributed by atoms with Crippen molar-refractivity contribution in [3.63, 3.8) is 0 Å². The normalized spacial score (nSPS) is 26.0. The van der Waals surface area contributed by atoms with E-state index in [1.807, 2.05) is 0 Å². The molecule has 2 saturated heterocycles. The predicted octanol–water partition coefficient (Wildman–Crippen LogP) is 2.16. The van der Waals surface area contributed by atoms with Gasteiger partial charge in [-0.15, -0.1) is 0 Å². The van der Waals surface area contributed by atoms with Crippen molar-refractivity contribution in [2.45, 2.75) is 37.0 Å². The largest absolute Gasteiger partial charge is 0.459 e. The summed E-state index contributed by atoms with van der Waals surface area (Å²) >= 11 is 0. The zero-order chi connectivity index (χ0) is 24.3. The summed E-state index contributed by atoms with van der Waals surface area (Å²) in [5.41, 5.74) is 0.242. The van der Waals surface area contributed by atoms with E-state index in [2.05, 4.69) is 5.32 Å². The van der Waals surface area contributed by atoms with Crippen LogP contribution in [0.25, 0.3) is 0 Å². The number of nitrogens with zero attached hydrogens (tertiary/aromatic N) is 1. The molecule has 2 heterocycles. The van der Waals surface area contributed by atoms with Gasteiger partial charge in [0.15, 0.2) is 6.10 Å². The van der Waals surface area contributed by atoms with E-state index in [1.165, 1.54) is 24.3 Å². The summed E-state index contributed by atoms with van der Waals surface area (Å²) in [7, 11) is 0. The minimum Gasteiger partial charge on any atom is -0.459 e. The molecule has 2 aromatic carbocycles. The number of aliphatic hydroxyl groups is 1. The van der Waals surface area contributed by atoms with Crippen LogP contribution in [-0.4, -0.2) is 71.7 Å². The molecule has 0 bridgehead atoms. The Labute approximate surface area is 193 Å². The van der Waals surface area contributed by atoms with Crippen molar-refractivity contribution >= 4 is 18.0 Å². The van der Waals surface area contributed by atoms with E-state index < -0.39 is 55.2 Å². The Morgan fingerprint density at radius 3 is 2.24 bits per heavy atom. The average Bonchev–Trinajstić information content (AvgIpc) is 3.08. The second-order valence-corrected chi connectivity index (χ2v) is 7.81. The molecule has 2 N–H and O–H groups in total. The Kier molecular flexibility index (Phi) is 6.75. The monoisotopic (exact) mass is 476 g/mol. The lowest BCUT2D eigenvalue weighted by Gasteiger charge is -2.36. The number of nitrogens with one attached hydrogen (secondary N) is 1. The summed E-state index contributed by atoms with van der Waals surface area (Å²) < 4.78 is 46.7. The van der Waals surface area contributed by atoms with Crippen molar-refractivity contribution in [2.24, 2.45) is 0 Å². The molecular weight excluding hydrogens is 454 g/mol. The summed E-state index contributed by atoms with van der Waals surface area (Å²) in [6, 6.07) is 14.5. The van der Waals surface area contributed by atoms with E-state index in [1.54, 1.807) is 36.4 Å². The van der Waals surface area contributed by atoms with Gasteiger partial charge in [-0.2, -0.15) is 8.78 Å². The number of rotatable bonds is 6. The molecule has 2 unspecified atom stereocenters. The van der Waals surface area contributed by atoms with Gasteiger partial charge >= 0.3 is 23.9 Å². The minimum atomic E-state index is -3.84. The molecule has 2 fully saturated rings. The summed E-state index contributed by atoms with van der Waals surface area (Å²) in [4.78, 5) is 37.8. The highest BCUT2D eigenvalue weighted by Crippen LogP contribution is 2.41. The number of halogens is 2. The zero-order valence-electron chi connectivity index (χ0n) is 17.8. The van der Waals surface area contributed by atoms with Crippen LogP contribution in [0.1, 0.15) is 27.1 Å². The fraction of sp³-hybridized carbons (Fsp3) is 0.348. The van der Waals surface area contributed by atoms with Crippen molar-refractivity contribution in [3.05, 3.63) is 71.8 Å². The molecule has 2 amide bonds. The first kappa shape index (κ1) is 23.6. The first-order chi connectivity index (χ1) is 16.3. The third-order valence-corrected chi connectivity index (χ3v) is 5.46. The molecule has 9 nitrogen and oxygen atoms in total. The molecule has 0 radical (unpaired) electrons. The molecule has 0 spiro atoms. The third-order valence-electron chi connectivity index (χ3n) is 5.46. The minimum absolute atomic E-state index is 0.0101. The van der Waals surface area contributed by atoms with Crippen LogP contribution in [0.3, 0.4) is 0 Å². The SMILES string of the molecule is O=C(OCC1O[C@@H](N2CCC(O)NC2=O)C(F)(F)[C@@H]1OC(=O)c1ccccc1)c1ccccc1. The summed E-state index contributed by atoms with van der Waals surface area (Å²) in [6.45, 7) is -0.867. The van der Waals surface area contributed by atoms with Gasteiger partial charge in [-0.05, 0) is 24.3 Å². The Bertz CT molecular complexity index is 1040. The van der Waals surface area contributed by atoms with Crippen LogP contribution in [0.15, 0.2) is 60.7 Å². The van der Waals surface area contributed by atoms with Crippen LogP contribution in [0.2, 0.25) is 0 Å². The predicted molar refractivity (Wildman–Crippen MR) is 112 cm³/mol. The van der Waals surface area contributed by atoms with Gasteiger partial charge in [0.25, 0.3) is 0 Å². The Morgan fingerprint density at radius 1 is 1.06 bits per heavy atom. The second-order valence-electron chi connectivity index (χ2n) is 7.81. The molecule has 11 heteroatoms. The van der Waals surface area contributed by atoms with Crippen LogP contribution in [-0.2, 0) is 14.2 Å².